The van der Waals surface area contributed by atoms with Crippen LogP contribution in [0.2, 0.25) is 0 Å². The Labute approximate surface area is 94.9 Å². The molecule has 1 heterocycles. The maximum atomic E-state index is 12.0. The fraction of sp³-hybridized carbons (Fsp3) is 0.667. The molecule has 0 saturated carbocycles. The summed E-state index contributed by atoms with van der Waals surface area (Å²) in [5.41, 5.74) is -1.16. The third-order valence-corrected chi connectivity index (χ3v) is 3.93. The summed E-state index contributed by atoms with van der Waals surface area (Å²) in [7, 11) is 1.49. The van der Waals surface area contributed by atoms with Crippen molar-refractivity contribution in [1.29, 1.82) is 0 Å². The molecule has 1 saturated heterocycles. The van der Waals surface area contributed by atoms with Crippen LogP contribution in [-0.4, -0.2) is 34.5 Å². The fourth-order valence-electron chi connectivity index (χ4n) is 2.77. The monoisotopic (exact) mass is 223 g/mol. The van der Waals surface area contributed by atoms with Crippen LogP contribution in [0.15, 0.2) is 12.2 Å². The van der Waals surface area contributed by atoms with Crippen LogP contribution in [0.3, 0.4) is 0 Å². The molecule has 16 heavy (non-hydrogen) atoms. The molecule has 1 N–H and O–H groups in total. The van der Waals surface area contributed by atoms with Crippen LogP contribution in [0.1, 0.15) is 20.3 Å². The molecule has 0 radical (unpaired) electrons. The van der Waals surface area contributed by atoms with Crippen molar-refractivity contribution in [3.63, 3.8) is 0 Å². The highest BCUT2D eigenvalue weighted by atomic mass is 16.3. The van der Waals surface area contributed by atoms with Gasteiger partial charge in [0.05, 0.1) is 17.4 Å². The van der Waals surface area contributed by atoms with E-state index in [-0.39, 0.29) is 17.7 Å². The lowest BCUT2D eigenvalue weighted by Crippen LogP contribution is -2.46. The van der Waals surface area contributed by atoms with Crippen molar-refractivity contribution >= 4 is 11.8 Å². The summed E-state index contributed by atoms with van der Waals surface area (Å²) in [6, 6.07) is 0. The molecule has 1 fully saturated rings. The standard InChI is InChI=1S/C12H17NO3/c1-4-12(16)6-5-7(2)8-9(12)11(15)13(3)10(8)14/h5-9,16H,4H2,1-3H3. The number of hydrogen-bond acceptors (Lipinski definition) is 3. The Hall–Kier alpha value is -1.16. The van der Waals surface area contributed by atoms with Gasteiger partial charge in [-0.1, -0.05) is 26.0 Å². The molecule has 4 atom stereocenters. The molecule has 2 aliphatic rings. The van der Waals surface area contributed by atoms with E-state index < -0.39 is 17.4 Å². The smallest absolute Gasteiger partial charge is 0.236 e. The highest BCUT2D eigenvalue weighted by Gasteiger charge is 2.57. The van der Waals surface area contributed by atoms with Gasteiger partial charge in [-0.05, 0) is 12.3 Å². The van der Waals surface area contributed by atoms with Crippen LogP contribution >= 0.6 is 0 Å². The van der Waals surface area contributed by atoms with Gasteiger partial charge in [0.15, 0.2) is 0 Å². The zero-order valence-corrected chi connectivity index (χ0v) is 9.80. The first-order valence-electron chi connectivity index (χ1n) is 5.65. The molecule has 4 unspecified atom stereocenters. The third-order valence-electron chi connectivity index (χ3n) is 3.93. The molecule has 0 aromatic heterocycles. The minimum Gasteiger partial charge on any atom is -0.385 e. The number of carbonyl (C=O) groups excluding carboxylic acids is 2. The third kappa shape index (κ3) is 1.26. The predicted molar refractivity (Wildman–Crippen MR) is 58.3 cm³/mol. The minimum atomic E-state index is -1.16. The van der Waals surface area contributed by atoms with Crippen LogP contribution in [-0.2, 0) is 9.59 Å². The number of amides is 2. The van der Waals surface area contributed by atoms with E-state index >= 15 is 0 Å². The molecule has 2 amide bonds. The Morgan fingerprint density at radius 1 is 1.44 bits per heavy atom. The van der Waals surface area contributed by atoms with Gasteiger partial charge < -0.3 is 5.11 Å². The first kappa shape index (κ1) is 11.3. The van der Waals surface area contributed by atoms with Crippen LogP contribution in [0, 0.1) is 17.8 Å². The van der Waals surface area contributed by atoms with E-state index in [1.807, 2.05) is 19.9 Å². The van der Waals surface area contributed by atoms with E-state index in [0.717, 1.165) is 4.90 Å². The summed E-state index contributed by atoms with van der Waals surface area (Å²) in [4.78, 5) is 25.1. The van der Waals surface area contributed by atoms with Gasteiger partial charge in [0, 0.05) is 7.05 Å². The van der Waals surface area contributed by atoms with Gasteiger partial charge in [-0.25, -0.2) is 0 Å². The van der Waals surface area contributed by atoms with Gasteiger partial charge >= 0.3 is 0 Å². The number of fused-ring (bicyclic) bond motifs is 1. The van der Waals surface area contributed by atoms with Gasteiger partial charge in [-0.3, -0.25) is 14.5 Å². The van der Waals surface area contributed by atoms with Crippen LogP contribution in [0.4, 0.5) is 0 Å². The van der Waals surface area contributed by atoms with E-state index in [9.17, 15) is 14.7 Å². The van der Waals surface area contributed by atoms with Crippen molar-refractivity contribution in [1.82, 2.24) is 4.90 Å². The van der Waals surface area contributed by atoms with Gasteiger partial charge in [-0.15, -0.1) is 0 Å². The quantitative estimate of drug-likeness (QED) is 0.522. The Kier molecular flexibility index (Phi) is 2.42. The maximum absolute atomic E-state index is 12.0. The van der Waals surface area contributed by atoms with E-state index in [1.165, 1.54) is 7.05 Å². The van der Waals surface area contributed by atoms with E-state index in [0.29, 0.717) is 6.42 Å². The SMILES string of the molecule is CCC1(O)C=CC(C)C2C(=O)N(C)C(=O)C21. The summed E-state index contributed by atoms with van der Waals surface area (Å²) in [6.45, 7) is 3.74. The van der Waals surface area contributed by atoms with Gasteiger partial charge in [-0.2, -0.15) is 0 Å². The van der Waals surface area contributed by atoms with Crippen LogP contribution < -0.4 is 0 Å². The molecule has 88 valence electrons. The van der Waals surface area contributed by atoms with E-state index in [1.54, 1.807) is 6.08 Å². The molecule has 4 heteroatoms. The second-order valence-corrected chi connectivity index (χ2v) is 4.80. The Bertz CT molecular complexity index is 376. The number of rotatable bonds is 1. The Morgan fingerprint density at radius 2 is 2.06 bits per heavy atom. The Morgan fingerprint density at radius 3 is 2.62 bits per heavy atom. The maximum Gasteiger partial charge on any atom is 0.236 e. The lowest BCUT2D eigenvalue weighted by Gasteiger charge is -2.36. The number of hydrogen-bond donors (Lipinski definition) is 1. The number of imide groups is 1. The van der Waals surface area contributed by atoms with Crippen LogP contribution in [0.25, 0.3) is 0 Å². The fourth-order valence-corrected chi connectivity index (χ4v) is 2.77. The molecule has 1 aliphatic carbocycles. The van der Waals surface area contributed by atoms with Gasteiger partial charge in [0.2, 0.25) is 11.8 Å². The lowest BCUT2D eigenvalue weighted by molar-refractivity contribution is -0.139. The molecule has 0 spiro atoms. The molecule has 0 aromatic rings. The molecule has 4 nitrogen and oxygen atoms in total. The topological polar surface area (TPSA) is 57.6 Å². The van der Waals surface area contributed by atoms with E-state index in [2.05, 4.69) is 0 Å². The van der Waals surface area contributed by atoms with Crippen molar-refractivity contribution in [2.24, 2.45) is 17.8 Å². The molecule has 0 bridgehead atoms. The molecular weight excluding hydrogens is 206 g/mol. The Balaban J connectivity index is 2.49. The molecular formula is C12H17NO3. The zero-order chi connectivity index (χ0) is 12.1. The van der Waals surface area contributed by atoms with Crippen molar-refractivity contribution in [2.45, 2.75) is 25.9 Å². The number of aliphatic hydroxyl groups is 1. The van der Waals surface area contributed by atoms with Gasteiger partial charge in [0.1, 0.15) is 0 Å². The first-order chi connectivity index (χ1) is 7.42. The average Bonchev–Trinajstić information content (AvgIpc) is 2.50. The average molecular weight is 223 g/mol. The second kappa shape index (κ2) is 3.42. The summed E-state index contributed by atoms with van der Waals surface area (Å²) in [6.07, 6.45) is 3.97. The van der Waals surface area contributed by atoms with Crippen molar-refractivity contribution in [2.75, 3.05) is 7.05 Å². The minimum absolute atomic E-state index is 0.0122. The number of likely N-dealkylation sites (tertiary alicyclic amines) is 1. The normalized spacial score (nSPS) is 42.8. The zero-order valence-electron chi connectivity index (χ0n) is 9.80. The highest BCUT2D eigenvalue weighted by Crippen LogP contribution is 2.44. The summed E-state index contributed by atoms with van der Waals surface area (Å²) in [5.74, 6) is -1.41. The van der Waals surface area contributed by atoms with Crippen molar-refractivity contribution in [3.8, 4) is 0 Å². The van der Waals surface area contributed by atoms with Crippen molar-refractivity contribution < 1.29 is 14.7 Å². The van der Waals surface area contributed by atoms with Crippen molar-refractivity contribution in [3.05, 3.63) is 12.2 Å². The first-order valence-corrected chi connectivity index (χ1v) is 5.65. The highest BCUT2D eigenvalue weighted by molar-refractivity contribution is 6.06. The predicted octanol–water partition coefficient (Wildman–Crippen LogP) is 0.564. The van der Waals surface area contributed by atoms with E-state index in [4.69, 9.17) is 0 Å². The lowest BCUT2D eigenvalue weighted by atomic mass is 9.69. The largest absolute Gasteiger partial charge is 0.385 e. The summed E-state index contributed by atoms with van der Waals surface area (Å²) < 4.78 is 0. The molecule has 0 aromatic carbocycles. The van der Waals surface area contributed by atoms with Crippen LogP contribution in [0.5, 0.6) is 0 Å². The molecule has 2 rings (SSSR count). The summed E-state index contributed by atoms with van der Waals surface area (Å²) >= 11 is 0. The summed E-state index contributed by atoms with van der Waals surface area (Å²) in [5, 5.41) is 10.4. The number of carbonyl (C=O) groups is 2. The second-order valence-electron chi connectivity index (χ2n) is 4.80. The molecule has 1 aliphatic heterocycles. The van der Waals surface area contributed by atoms with Gasteiger partial charge in [0.25, 0.3) is 0 Å². The number of nitrogens with zero attached hydrogens (tertiary/aromatic N) is 1. The number of allylic oxidation sites excluding steroid dienone is 1.